The average molecular weight is 531 g/mol. The second kappa shape index (κ2) is 9.19. The quantitative estimate of drug-likeness (QED) is 0.557. The van der Waals surface area contributed by atoms with Gasteiger partial charge in [0.15, 0.2) is 5.82 Å². The predicted octanol–water partition coefficient (Wildman–Crippen LogP) is 2.57. The molecule has 2 aromatic heterocycles. The Kier molecular flexibility index (Phi) is 6.06. The van der Waals surface area contributed by atoms with Crippen LogP contribution >= 0.6 is 0 Å². The van der Waals surface area contributed by atoms with Crippen molar-refractivity contribution in [2.75, 3.05) is 26.3 Å². The molecule has 1 spiro atoms. The Bertz CT molecular complexity index is 1430. The first-order valence-electron chi connectivity index (χ1n) is 12.9. The minimum absolute atomic E-state index is 0.120. The third-order valence-corrected chi connectivity index (χ3v) is 8.19. The number of rotatable bonds is 6. The smallest absolute Gasteiger partial charge is 0.377 e. The summed E-state index contributed by atoms with van der Waals surface area (Å²) in [6.45, 7) is 5.70. The number of piperidine rings is 1. The standard InChI is InChI=1S/C26H29F3N6O3/c1-2-3-16(13-26(27,28)29)31-19(36)14-34-21-17-12-18(17)25(6-8-30-9-7-25)20(21)23(37)35-24(34)32-22(33-35)15-4-10-38-11-5-15/h2-4,17-18,30H,1,5-14H2,(H,31,36)/b16-3+. The lowest BCUT2D eigenvalue weighted by atomic mass is 9.72. The van der Waals surface area contributed by atoms with Crippen LogP contribution in [-0.2, 0) is 21.5 Å². The van der Waals surface area contributed by atoms with Gasteiger partial charge < -0.3 is 19.9 Å². The highest BCUT2D eigenvalue weighted by molar-refractivity contribution is 5.78. The van der Waals surface area contributed by atoms with E-state index in [4.69, 9.17) is 4.74 Å². The largest absolute Gasteiger partial charge is 0.394 e. The first-order valence-corrected chi connectivity index (χ1v) is 12.9. The third-order valence-electron chi connectivity index (χ3n) is 8.19. The fraction of sp³-hybridized carbons (Fsp3) is 0.538. The highest BCUT2D eigenvalue weighted by Crippen LogP contribution is 2.67. The fourth-order valence-corrected chi connectivity index (χ4v) is 6.60. The summed E-state index contributed by atoms with van der Waals surface area (Å²) < 4.78 is 47.6. The molecule has 2 aliphatic carbocycles. The molecular formula is C26H29F3N6O3. The number of ether oxygens (including phenoxy) is 1. The van der Waals surface area contributed by atoms with Gasteiger partial charge in [0.25, 0.3) is 5.56 Å². The summed E-state index contributed by atoms with van der Waals surface area (Å²) in [5, 5.41) is 10.3. The Hall–Kier alpha value is -3.25. The zero-order valence-corrected chi connectivity index (χ0v) is 20.8. The number of hydrogen-bond acceptors (Lipinski definition) is 6. The number of fused-ring (bicyclic) bond motifs is 6. The minimum Gasteiger partial charge on any atom is -0.377 e. The number of hydrogen-bond donors (Lipinski definition) is 2. The summed E-state index contributed by atoms with van der Waals surface area (Å²) in [6, 6.07) is 0. The van der Waals surface area contributed by atoms with E-state index in [-0.39, 0.29) is 34.9 Å². The second-order valence-corrected chi connectivity index (χ2v) is 10.5. The van der Waals surface area contributed by atoms with Crippen molar-refractivity contribution in [2.24, 2.45) is 5.92 Å². The van der Waals surface area contributed by atoms with E-state index in [0.717, 1.165) is 49.7 Å². The van der Waals surface area contributed by atoms with Crippen molar-refractivity contribution < 1.29 is 22.7 Å². The van der Waals surface area contributed by atoms with Crippen molar-refractivity contribution in [2.45, 2.75) is 56.2 Å². The summed E-state index contributed by atoms with van der Waals surface area (Å²) >= 11 is 0. The van der Waals surface area contributed by atoms with Gasteiger partial charge >= 0.3 is 6.18 Å². The number of nitrogens with one attached hydrogen (secondary N) is 2. The molecule has 4 heterocycles. The number of allylic oxidation sites excluding steroid dienone is 3. The number of carbonyl (C=O) groups excluding carboxylic acids is 1. The SMILES string of the molecule is C=C/C=C(\CC(F)(F)F)NC(=O)Cn1c2c(c(=O)n3nc(C4=CCOCC4)nc13)C1(CCNCC1)C1CC21. The van der Waals surface area contributed by atoms with Crippen LogP contribution in [0.5, 0.6) is 0 Å². The Morgan fingerprint density at radius 2 is 2.13 bits per heavy atom. The van der Waals surface area contributed by atoms with Crippen LogP contribution in [0.15, 0.2) is 35.3 Å². The first kappa shape index (κ1) is 25.1. The summed E-state index contributed by atoms with van der Waals surface area (Å²) in [5.74, 6) is 0.433. The Balaban J connectivity index is 1.46. The molecule has 2 aromatic rings. The van der Waals surface area contributed by atoms with Crippen molar-refractivity contribution in [3.8, 4) is 0 Å². The number of nitrogens with zero attached hydrogens (tertiary/aromatic N) is 4. The van der Waals surface area contributed by atoms with E-state index in [1.54, 1.807) is 4.57 Å². The topological polar surface area (TPSA) is 103 Å². The summed E-state index contributed by atoms with van der Waals surface area (Å²) in [6.07, 6.45) is 1.60. The average Bonchev–Trinajstić information content (AvgIpc) is 3.47. The third kappa shape index (κ3) is 4.19. The van der Waals surface area contributed by atoms with Gasteiger partial charge in [-0.05, 0) is 56.3 Å². The maximum atomic E-state index is 14.0. The number of amides is 1. The number of halogens is 3. The molecule has 2 unspecified atom stereocenters. The van der Waals surface area contributed by atoms with E-state index in [2.05, 4.69) is 27.3 Å². The zero-order valence-electron chi connectivity index (χ0n) is 20.8. The van der Waals surface area contributed by atoms with Crippen molar-refractivity contribution in [3.63, 3.8) is 0 Å². The van der Waals surface area contributed by atoms with E-state index >= 15 is 0 Å². The van der Waals surface area contributed by atoms with Gasteiger partial charge in [0.1, 0.15) is 6.54 Å². The summed E-state index contributed by atoms with van der Waals surface area (Å²) in [7, 11) is 0. The Morgan fingerprint density at radius 1 is 1.34 bits per heavy atom. The monoisotopic (exact) mass is 530 g/mol. The molecule has 1 saturated carbocycles. The van der Waals surface area contributed by atoms with Crippen molar-refractivity contribution >= 4 is 17.3 Å². The Labute approximate surface area is 216 Å². The molecule has 12 heteroatoms. The molecule has 0 aromatic carbocycles. The van der Waals surface area contributed by atoms with Crippen molar-refractivity contribution in [1.29, 1.82) is 0 Å². The zero-order chi connectivity index (χ0) is 26.7. The van der Waals surface area contributed by atoms with E-state index in [1.165, 1.54) is 10.6 Å². The van der Waals surface area contributed by atoms with Crippen molar-refractivity contribution in [3.05, 3.63) is 57.9 Å². The van der Waals surface area contributed by atoms with Gasteiger partial charge in [0.2, 0.25) is 11.7 Å². The minimum atomic E-state index is -4.49. The van der Waals surface area contributed by atoms with Crippen molar-refractivity contribution in [1.82, 2.24) is 29.8 Å². The van der Waals surface area contributed by atoms with E-state index in [9.17, 15) is 22.8 Å². The van der Waals surface area contributed by atoms with E-state index in [1.807, 2.05) is 6.08 Å². The molecule has 9 nitrogen and oxygen atoms in total. The van der Waals surface area contributed by atoms with Crippen LogP contribution in [0, 0.1) is 5.92 Å². The first-order chi connectivity index (χ1) is 18.2. The molecule has 6 rings (SSSR count). The number of aromatic nitrogens is 4. The van der Waals surface area contributed by atoms with Crippen LogP contribution in [0.3, 0.4) is 0 Å². The van der Waals surface area contributed by atoms with Crippen LogP contribution in [0.1, 0.15) is 55.1 Å². The molecule has 2 atom stereocenters. The molecule has 202 valence electrons. The predicted molar refractivity (Wildman–Crippen MR) is 132 cm³/mol. The van der Waals surface area contributed by atoms with Crippen LogP contribution in [0.25, 0.3) is 11.4 Å². The normalized spacial score (nSPS) is 24.2. The van der Waals surface area contributed by atoms with E-state index < -0.39 is 18.5 Å². The molecule has 2 fully saturated rings. The maximum absolute atomic E-state index is 14.0. The molecule has 1 saturated heterocycles. The second-order valence-electron chi connectivity index (χ2n) is 10.5. The lowest BCUT2D eigenvalue weighted by molar-refractivity contribution is -0.130. The molecule has 1 amide bonds. The van der Waals surface area contributed by atoms with Gasteiger partial charge in [-0.15, -0.1) is 5.10 Å². The lowest BCUT2D eigenvalue weighted by Gasteiger charge is -2.36. The van der Waals surface area contributed by atoms with Gasteiger partial charge in [-0.3, -0.25) is 9.59 Å². The van der Waals surface area contributed by atoms with Gasteiger partial charge in [-0.1, -0.05) is 18.7 Å². The highest BCUT2D eigenvalue weighted by atomic mass is 19.4. The number of carbonyl (C=O) groups is 1. The molecular weight excluding hydrogens is 501 g/mol. The summed E-state index contributed by atoms with van der Waals surface area (Å²) in [5.41, 5.74) is 1.54. The van der Waals surface area contributed by atoms with Crippen LogP contribution < -0.4 is 16.2 Å². The lowest BCUT2D eigenvalue weighted by Crippen LogP contribution is -2.45. The molecule has 38 heavy (non-hydrogen) atoms. The molecule has 0 radical (unpaired) electrons. The highest BCUT2D eigenvalue weighted by Gasteiger charge is 2.63. The number of alkyl halides is 3. The molecule has 2 aliphatic heterocycles. The van der Waals surface area contributed by atoms with Crippen LogP contribution in [0.4, 0.5) is 13.2 Å². The maximum Gasteiger partial charge on any atom is 0.394 e. The van der Waals surface area contributed by atoms with Crippen LogP contribution in [0.2, 0.25) is 0 Å². The Morgan fingerprint density at radius 3 is 2.82 bits per heavy atom. The van der Waals surface area contributed by atoms with Gasteiger partial charge in [-0.2, -0.15) is 22.7 Å². The van der Waals surface area contributed by atoms with Gasteiger partial charge in [0.05, 0.1) is 19.6 Å². The molecule has 0 bridgehead atoms. The summed E-state index contributed by atoms with van der Waals surface area (Å²) in [4.78, 5) is 31.8. The fourth-order valence-electron chi connectivity index (χ4n) is 6.60. The van der Waals surface area contributed by atoms with Crippen LogP contribution in [-0.4, -0.2) is 57.6 Å². The molecule has 4 aliphatic rings. The van der Waals surface area contributed by atoms with Gasteiger partial charge in [0, 0.05) is 28.3 Å². The van der Waals surface area contributed by atoms with Gasteiger partial charge in [-0.25, -0.2) is 0 Å². The molecule has 2 N–H and O–H groups in total. The van der Waals surface area contributed by atoms with E-state index in [0.29, 0.717) is 36.9 Å².